The molecule has 0 aliphatic carbocycles. The Balaban J connectivity index is 2.28. The van der Waals surface area contributed by atoms with Crippen LogP contribution in [0.4, 0.5) is 0 Å². The van der Waals surface area contributed by atoms with Crippen molar-refractivity contribution in [1.82, 2.24) is 4.90 Å². The quantitative estimate of drug-likeness (QED) is 0.932. The summed E-state index contributed by atoms with van der Waals surface area (Å²) < 4.78 is 5.68. The van der Waals surface area contributed by atoms with Crippen LogP contribution in [0.3, 0.4) is 0 Å². The lowest BCUT2D eigenvalue weighted by molar-refractivity contribution is 0.0612. The molecule has 1 aromatic rings. The van der Waals surface area contributed by atoms with Gasteiger partial charge in [0.2, 0.25) is 0 Å². The second-order valence-electron chi connectivity index (χ2n) is 4.92. The fraction of sp³-hybridized carbons (Fsp3) is 0.571. The summed E-state index contributed by atoms with van der Waals surface area (Å²) in [7, 11) is 0. The molecule has 2 rings (SSSR count). The Morgan fingerprint density at radius 1 is 1.42 bits per heavy atom. The summed E-state index contributed by atoms with van der Waals surface area (Å²) in [4.78, 5) is 2.32. The van der Waals surface area contributed by atoms with Crippen LogP contribution in [0.2, 0.25) is 10.0 Å². The number of nitrogens with two attached hydrogens (primary N) is 1. The molecule has 0 aromatic heterocycles. The maximum absolute atomic E-state index is 6.30. The van der Waals surface area contributed by atoms with Gasteiger partial charge in [-0.15, -0.1) is 0 Å². The molecule has 0 amide bonds. The predicted molar refractivity (Wildman–Crippen MR) is 79.9 cm³/mol. The van der Waals surface area contributed by atoms with Gasteiger partial charge in [0.1, 0.15) is 0 Å². The maximum atomic E-state index is 6.30. The third kappa shape index (κ3) is 3.61. The van der Waals surface area contributed by atoms with Gasteiger partial charge in [-0.25, -0.2) is 0 Å². The molecule has 2 N–H and O–H groups in total. The van der Waals surface area contributed by atoms with Gasteiger partial charge < -0.3 is 10.5 Å². The standard InChI is InChI=1S/C14H20Cl2N2O/c1-10-9-18(6-3-7-19-10)13(8-17)14-11(15)4-2-5-12(14)16/h2,4-5,10,13H,3,6-9,17H2,1H3. The molecular formula is C14H20Cl2N2O. The highest BCUT2D eigenvalue weighted by molar-refractivity contribution is 6.36. The Hall–Kier alpha value is -0.320. The van der Waals surface area contributed by atoms with Gasteiger partial charge in [-0.05, 0) is 25.5 Å². The smallest absolute Gasteiger partial charge is 0.0674 e. The Morgan fingerprint density at radius 2 is 2.11 bits per heavy atom. The number of ether oxygens (including phenoxy) is 1. The van der Waals surface area contributed by atoms with E-state index in [9.17, 15) is 0 Å². The summed E-state index contributed by atoms with van der Waals surface area (Å²) in [6, 6.07) is 5.63. The molecule has 1 heterocycles. The summed E-state index contributed by atoms with van der Waals surface area (Å²) in [6.45, 7) is 5.18. The van der Waals surface area contributed by atoms with E-state index in [0.29, 0.717) is 16.6 Å². The van der Waals surface area contributed by atoms with E-state index in [4.69, 9.17) is 33.7 Å². The van der Waals surface area contributed by atoms with E-state index >= 15 is 0 Å². The van der Waals surface area contributed by atoms with Crippen molar-refractivity contribution >= 4 is 23.2 Å². The van der Waals surface area contributed by atoms with Gasteiger partial charge in [0.25, 0.3) is 0 Å². The fourth-order valence-corrected chi connectivity index (χ4v) is 3.24. The van der Waals surface area contributed by atoms with Crippen molar-refractivity contribution in [3.63, 3.8) is 0 Å². The molecule has 1 aromatic carbocycles. The van der Waals surface area contributed by atoms with Crippen molar-refractivity contribution in [3.8, 4) is 0 Å². The van der Waals surface area contributed by atoms with Crippen LogP contribution in [0.15, 0.2) is 18.2 Å². The highest BCUT2D eigenvalue weighted by Crippen LogP contribution is 2.33. The predicted octanol–water partition coefficient (Wildman–Crippen LogP) is 3.10. The van der Waals surface area contributed by atoms with Gasteiger partial charge in [-0.2, -0.15) is 0 Å². The first-order valence-corrected chi connectivity index (χ1v) is 7.38. The number of nitrogens with zero attached hydrogens (tertiary/aromatic N) is 1. The van der Waals surface area contributed by atoms with E-state index < -0.39 is 0 Å². The molecule has 1 saturated heterocycles. The van der Waals surface area contributed by atoms with Crippen LogP contribution in [0.5, 0.6) is 0 Å². The van der Waals surface area contributed by atoms with E-state index in [-0.39, 0.29) is 12.1 Å². The molecule has 1 aliphatic rings. The zero-order valence-electron chi connectivity index (χ0n) is 11.1. The number of benzene rings is 1. The molecule has 2 unspecified atom stereocenters. The van der Waals surface area contributed by atoms with Crippen LogP contribution in [0.25, 0.3) is 0 Å². The Morgan fingerprint density at radius 3 is 2.74 bits per heavy atom. The molecule has 1 aliphatic heterocycles. The summed E-state index contributed by atoms with van der Waals surface area (Å²) >= 11 is 12.6. The first-order valence-electron chi connectivity index (χ1n) is 6.63. The molecule has 106 valence electrons. The van der Waals surface area contributed by atoms with Crippen molar-refractivity contribution in [2.75, 3.05) is 26.2 Å². The molecular weight excluding hydrogens is 283 g/mol. The summed E-state index contributed by atoms with van der Waals surface area (Å²) in [5, 5.41) is 1.36. The molecule has 0 bridgehead atoms. The van der Waals surface area contributed by atoms with Gasteiger partial charge in [0.05, 0.1) is 12.1 Å². The summed E-state index contributed by atoms with van der Waals surface area (Å²) in [6.07, 6.45) is 1.21. The number of rotatable bonds is 3. The highest BCUT2D eigenvalue weighted by atomic mass is 35.5. The van der Waals surface area contributed by atoms with Gasteiger partial charge in [-0.1, -0.05) is 29.3 Å². The zero-order chi connectivity index (χ0) is 13.8. The average molecular weight is 303 g/mol. The second kappa shape index (κ2) is 6.91. The van der Waals surface area contributed by atoms with Gasteiger partial charge in [0.15, 0.2) is 0 Å². The van der Waals surface area contributed by atoms with Crippen LogP contribution < -0.4 is 5.73 Å². The van der Waals surface area contributed by atoms with Gasteiger partial charge >= 0.3 is 0 Å². The molecule has 0 saturated carbocycles. The molecule has 5 heteroatoms. The third-order valence-corrected chi connectivity index (χ3v) is 4.14. The van der Waals surface area contributed by atoms with E-state index in [1.54, 1.807) is 0 Å². The van der Waals surface area contributed by atoms with Crippen molar-refractivity contribution in [2.45, 2.75) is 25.5 Å². The molecule has 3 nitrogen and oxygen atoms in total. The first-order chi connectivity index (χ1) is 9.13. The van der Waals surface area contributed by atoms with Crippen LogP contribution in [0.1, 0.15) is 24.9 Å². The zero-order valence-corrected chi connectivity index (χ0v) is 12.6. The second-order valence-corrected chi connectivity index (χ2v) is 5.73. The number of hydrogen-bond acceptors (Lipinski definition) is 3. The normalized spacial score (nSPS) is 23.1. The third-order valence-electron chi connectivity index (χ3n) is 3.48. The Labute approximate surface area is 124 Å². The average Bonchev–Trinajstić information content (AvgIpc) is 2.58. The van der Waals surface area contributed by atoms with Crippen LogP contribution >= 0.6 is 23.2 Å². The molecule has 0 spiro atoms. The fourth-order valence-electron chi connectivity index (χ4n) is 2.59. The largest absolute Gasteiger partial charge is 0.377 e. The van der Waals surface area contributed by atoms with Crippen molar-refractivity contribution in [3.05, 3.63) is 33.8 Å². The summed E-state index contributed by atoms with van der Waals surface area (Å²) in [5.41, 5.74) is 6.90. The molecule has 19 heavy (non-hydrogen) atoms. The van der Waals surface area contributed by atoms with Crippen LogP contribution in [0, 0.1) is 0 Å². The lowest BCUT2D eigenvalue weighted by Crippen LogP contribution is -2.38. The first kappa shape index (κ1) is 15.1. The molecule has 2 atom stereocenters. The van der Waals surface area contributed by atoms with Crippen molar-refractivity contribution in [2.24, 2.45) is 5.73 Å². The van der Waals surface area contributed by atoms with Crippen molar-refractivity contribution < 1.29 is 4.74 Å². The SMILES string of the molecule is CC1CN(C(CN)c2c(Cl)cccc2Cl)CCCO1. The minimum Gasteiger partial charge on any atom is -0.377 e. The minimum atomic E-state index is 0.0466. The van der Waals surface area contributed by atoms with Crippen LogP contribution in [-0.4, -0.2) is 37.2 Å². The molecule has 0 radical (unpaired) electrons. The van der Waals surface area contributed by atoms with E-state index in [0.717, 1.165) is 31.7 Å². The van der Waals surface area contributed by atoms with E-state index in [1.807, 2.05) is 18.2 Å². The van der Waals surface area contributed by atoms with Gasteiger partial charge in [0, 0.05) is 41.8 Å². The molecule has 1 fully saturated rings. The van der Waals surface area contributed by atoms with Gasteiger partial charge in [-0.3, -0.25) is 4.90 Å². The highest BCUT2D eigenvalue weighted by Gasteiger charge is 2.26. The lowest BCUT2D eigenvalue weighted by Gasteiger charge is -2.32. The summed E-state index contributed by atoms with van der Waals surface area (Å²) in [5.74, 6) is 0. The topological polar surface area (TPSA) is 38.5 Å². The lowest BCUT2D eigenvalue weighted by atomic mass is 10.0. The van der Waals surface area contributed by atoms with Crippen molar-refractivity contribution in [1.29, 1.82) is 0 Å². The monoisotopic (exact) mass is 302 g/mol. The number of hydrogen-bond donors (Lipinski definition) is 1. The van der Waals surface area contributed by atoms with E-state index in [2.05, 4.69) is 11.8 Å². The Bertz CT molecular complexity index is 408. The van der Waals surface area contributed by atoms with Crippen LogP contribution in [-0.2, 0) is 4.74 Å². The number of halogens is 2. The van der Waals surface area contributed by atoms with E-state index in [1.165, 1.54) is 0 Å². The Kier molecular flexibility index (Phi) is 5.48. The maximum Gasteiger partial charge on any atom is 0.0674 e. The minimum absolute atomic E-state index is 0.0466.